The van der Waals surface area contributed by atoms with E-state index in [2.05, 4.69) is 15.0 Å². The third-order valence-electron chi connectivity index (χ3n) is 3.97. The molecule has 0 N–H and O–H groups in total. The number of hydrogen-bond donors (Lipinski definition) is 0. The number of hydrogen-bond acceptors (Lipinski definition) is 7. The van der Waals surface area contributed by atoms with Crippen molar-refractivity contribution in [1.29, 1.82) is 0 Å². The third-order valence-corrected chi connectivity index (χ3v) is 4.68. The van der Waals surface area contributed by atoms with Gasteiger partial charge in [0.25, 0.3) is 5.91 Å². The zero-order valence-electron chi connectivity index (χ0n) is 14.5. The number of thioether (sulfide) groups is 1. The summed E-state index contributed by atoms with van der Waals surface area (Å²) in [4.78, 5) is 29.3. The lowest BCUT2D eigenvalue weighted by Gasteiger charge is -2.18. The highest BCUT2D eigenvalue weighted by Gasteiger charge is 2.29. The number of likely N-dealkylation sites (tertiary alicyclic amines) is 1. The minimum atomic E-state index is -0.0786. The molecule has 0 aromatic carbocycles. The Balaban J connectivity index is 1.65. The van der Waals surface area contributed by atoms with Crippen LogP contribution in [0.1, 0.15) is 16.8 Å². The summed E-state index contributed by atoms with van der Waals surface area (Å²) < 4.78 is 5.92. The standard InChI is InChI=1S/C17H21N5O2S/c1-21(2)14-9-18-10-15(20-14)24-12-6-8-22(11-12)17(23)13-5-4-7-19-16(13)25-3/h4-5,7,9-10,12H,6,8,11H2,1-3H3. The van der Waals surface area contributed by atoms with Crippen LogP contribution in [0.5, 0.6) is 5.88 Å². The molecule has 0 bridgehead atoms. The van der Waals surface area contributed by atoms with E-state index in [1.165, 1.54) is 11.8 Å². The number of aromatic nitrogens is 3. The first-order valence-electron chi connectivity index (χ1n) is 8.03. The molecule has 3 heterocycles. The molecular formula is C17H21N5O2S. The van der Waals surface area contributed by atoms with Gasteiger partial charge in [0.2, 0.25) is 5.88 Å². The highest BCUT2D eigenvalue weighted by atomic mass is 32.2. The zero-order chi connectivity index (χ0) is 17.8. The fourth-order valence-electron chi connectivity index (χ4n) is 2.68. The Hall–Kier alpha value is -2.35. The summed E-state index contributed by atoms with van der Waals surface area (Å²) >= 11 is 1.48. The Labute approximate surface area is 151 Å². The average Bonchev–Trinajstić information content (AvgIpc) is 3.09. The second-order valence-electron chi connectivity index (χ2n) is 5.95. The number of amides is 1. The van der Waals surface area contributed by atoms with Crippen molar-refractivity contribution in [3.05, 3.63) is 36.3 Å². The van der Waals surface area contributed by atoms with Gasteiger partial charge in [0.1, 0.15) is 11.1 Å². The lowest BCUT2D eigenvalue weighted by atomic mass is 10.2. The Morgan fingerprint density at radius 3 is 3.00 bits per heavy atom. The van der Waals surface area contributed by atoms with Crippen molar-refractivity contribution in [2.24, 2.45) is 0 Å². The Bertz CT molecular complexity index is 755. The van der Waals surface area contributed by atoms with Crippen LogP contribution >= 0.6 is 11.8 Å². The molecule has 7 nitrogen and oxygen atoms in total. The van der Waals surface area contributed by atoms with Gasteiger partial charge in [0, 0.05) is 33.3 Å². The summed E-state index contributed by atoms with van der Waals surface area (Å²) in [5.41, 5.74) is 0.644. The molecule has 0 aliphatic carbocycles. The minimum absolute atomic E-state index is 0.00308. The first kappa shape index (κ1) is 17.5. The largest absolute Gasteiger partial charge is 0.471 e. The van der Waals surface area contributed by atoms with E-state index in [1.807, 2.05) is 36.2 Å². The van der Waals surface area contributed by atoms with Crippen LogP contribution in [0.3, 0.4) is 0 Å². The molecule has 0 saturated carbocycles. The van der Waals surface area contributed by atoms with Crippen molar-refractivity contribution >= 4 is 23.5 Å². The zero-order valence-corrected chi connectivity index (χ0v) is 15.4. The molecule has 1 aliphatic heterocycles. The van der Waals surface area contributed by atoms with E-state index in [0.29, 0.717) is 24.5 Å². The summed E-state index contributed by atoms with van der Waals surface area (Å²) in [7, 11) is 3.81. The SMILES string of the molecule is CSc1ncccc1C(=O)N1CCC(Oc2cncc(N(C)C)n2)C1. The van der Waals surface area contributed by atoms with E-state index in [-0.39, 0.29) is 12.0 Å². The van der Waals surface area contributed by atoms with E-state index >= 15 is 0 Å². The van der Waals surface area contributed by atoms with Crippen LogP contribution < -0.4 is 9.64 Å². The Kier molecular flexibility index (Phi) is 5.37. The first-order valence-corrected chi connectivity index (χ1v) is 9.25. The Morgan fingerprint density at radius 1 is 1.40 bits per heavy atom. The summed E-state index contributed by atoms with van der Waals surface area (Å²) in [6.07, 6.45) is 7.60. The second-order valence-corrected chi connectivity index (χ2v) is 6.74. The number of pyridine rings is 1. The minimum Gasteiger partial charge on any atom is -0.471 e. The van der Waals surface area contributed by atoms with E-state index < -0.39 is 0 Å². The van der Waals surface area contributed by atoms with Gasteiger partial charge in [-0.1, -0.05) is 0 Å². The quantitative estimate of drug-likeness (QED) is 0.756. The number of carbonyl (C=O) groups excluding carboxylic acids is 1. The molecule has 2 aromatic rings. The van der Waals surface area contributed by atoms with Gasteiger partial charge in [-0.3, -0.25) is 9.78 Å². The fraction of sp³-hybridized carbons (Fsp3) is 0.412. The maximum Gasteiger partial charge on any atom is 0.256 e. The molecule has 3 rings (SSSR count). The lowest BCUT2D eigenvalue weighted by Crippen LogP contribution is -2.31. The molecule has 132 valence electrons. The number of carbonyl (C=O) groups is 1. The molecule has 25 heavy (non-hydrogen) atoms. The summed E-state index contributed by atoms with van der Waals surface area (Å²) in [5, 5.41) is 0.751. The molecule has 2 aromatic heterocycles. The van der Waals surface area contributed by atoms with Crippen molar-refractivity contribution in [3.8, 4) is 5.88 Å². The summed E-state index contributed by atoms with van der Waals surface area (Å²) in [6, 6.07) is 3.61. The highest BCUT2D eigenvalue weighted by molar-refractivity contribution is 7.98. The van der Waals surface area contributed by atoms with Gasteiger partial charge < -0.3 is 14.5 Å². The van der Waals surface area contributed by atoms with Gasteiger partial charge in [-0.15, -0.1) is 11.8 Å². The van der Waals surface area contributed by atoms with Crippen LogP contribution in [-0.2, 0) is 0 Å². The number of anilines is 1. The molecule has 8 heteroatoms. The second kappa shape index (κ2) is 7.69. The predicted octanol–water partition coefficient (Wildman–Crippen LogP) is 1.95. The van der Waals surface area contributed by atoms with Crippen LogP contribution in [-0.4, -0.2) is 65.3 Å². The molecule has 1 fully saturated rings. The van der Waals surface area contributed by atoms with Crippen LogP contribution in [0.4, 0.5) is 5.82 Å². The van der Waals surface area contributed by atoms with Crippen LogP contribution in [0.25, 0.3) is 0 Å². The normalized spacial score (nSPS) is 16.8. The third kappa shape index (κ3) is 4.01. The molecule has 0 spiro atoms. The summed E-state index contributed by atoms with van der Waals surface area (Å²) in [5.74, 6) is 1.22. The first-order chi connectivity index (χ1) is 12.1. The monoisotopic (exact) mass is 359 g/mol. The number of nitrogens with zero attached hydrogens (tertiary/aromatic N) is 5. The number of ether oxygens (including phenoxy) is 1. The number of rotatable bonds is 5. The van der Waals surface area contributed by atoms with Crippen molar-refractivity contribution in [2.45, 2.75) is 17.6 Å². The Morgan fingerprint density at radius 2 is 2.24 bits per heavy atom. The van der Waals surface area contributed by atoms with Crippen molar-refractivity contribution < 1.29 is 9.53 Å². The molecular weight excluding hydrogens is 338 g/mol. The fourth-order valence-corrected chi connectivity index (χ4v) is 3.22. The van der Waals surface area contributed by atoms with Crippen molar-refractivity contribution in [2.75, 3.05) is 38.3 Å². The molecule has 1 saturated heterocycles. The van der Waals surface area contributed by atoms with Gasteiger partial charge in [-0.25, -0.2) is 4.98 Å². The smallest absolute Gasteiger partial charge is 0.256 e. The lowest BCUT2D eigenvalue weighted by molar-refractivity contribution is 0.0767. The predicted molar refractivity (Wildman–Crippen MR) is 97.3 cm³/mol. The van der Waals surface area contributed by atoms with Gasteiger partial charge >= 0.3 is 0 Å². The maximum atomic E-state index is 12.8. The van der Waals surface area contributed by atoms with E-state index in [1.54, 1.807) is 24.7 Å². The van der Waals surface area contributed by atoms with E-state index in [9.17, 15) is 4.79 Å². The molecule has 1 unspecified atom stereocenters. The molecule has 1 aliphatic rings. The van der Waals surface area contributed by atoms with Crippen LogP contribution in [0, 0.1) is 0 Å². The molecule has 0 radical (unpaired) electrons. The van der Waals surface area contributed by atoms with Crippen molar-refractivity contribution in [1.82, 2.24) is 19.9 Å². The van der Waals surface area contributed by atoms with Crippen LogP contribution in [0.15, 0.2) is 35.7 Å². The van der Waals surface area contributed by atoms with E-state index in [4.69, 9.17) is 4.74 Å². The highest BCUT2D eigenvalue weighted by Crippen LogP contribution is 2.23. The van der Waals surface area contributed by atoms with Gasteiger partial charge in [0.05, 0.1) is 24.5 Å². The van der Waals surface area contributed by atoms with Gasteiger partial charge in [0.15, 0.2) is 5.82 Å². The van der Waals surface area contributed by atoms with Gasteiger partial charge in [-0.2, -0.15) is 4.98 Å². The topological polar surface area (TPSA) is 71.5 Å². The molecule has 1 amide bonds. The van der Waals surface area contributed by atoms with E-state index in [0.717, 1.165) is 17.3 Å². The molecule has 1 atom stereocenters. The maximum absolute atomic E-state index is 12.8. The summed E-state index contributed by atoms with van der Waals surface area (Å²) in [6.45, 7) is 1.20. The van der Waals surface area contributed by atoms with Crippen molar-refractivity contribution in [3.63, 3.8) is 0 Å². The van der Waals surface area contributed by atoms with Crippen LogP contribution in [0.2, 0.25) is 0 Å². The van der Waals surface area contributed by atoms with Gasteiger partial charge in [-0.05, 0) is 18.4 Å². The average molecular weight is 359 g/mol.